The molecular weight excluding hydrogens is 196 g/mol. The highest BCUT2D eigenvalue weighted by molar-refractivity contribution is 5.85. The molecule has 0 saturated heterocycles. The Morgan fingerprint density at radius 1 is 1.67 bits per heavy atom. The molecule has 6 nitrogen and oxygen atoms in total. The van der Waals surface area contributed by atoms with Gasteiger partial charge < -0.3 is 15.6 Å². The number of hydrogen-bond donors (Lipinski definition) is 4. The van der Waals surface area contributed by atoms with Gasteiger partial charge in [-0.2, -0.15) is 5.10 Å². The van der Waals surface area contributed by atoms with Crippen molar-refractivity contribution in [2.24, 2.45) is 10.8 Å². The fraction of sp³-hybridized carbons (Fsp3) is 0.111. The standard InChI is InChI=1S/C9H12N4O2/c1-15-7-2-3-8(14)6(4-7)5-12-13-9(10)11/h2-5,14H,1H3,(H4,10,11,13)/b12-5-. The maximum Gasteiger partial charge on any atom is 0.206 e. The molecule has 0 atom stereocenters. The van der Waals surface area contributed by atoms with Crippen LogP contribution in [0.25, 0.3) is 0 Å². The zero-order chi connectivity index (χ0) is 11.3. The number of aromatic hydroxyl groups is 1. The van der Waals surface area contributed by atoms with E-state index in [1.165, 1.54) is 19.4 Å². The van der Waals surface area contributed by atoms with Crippen LogP contribution >= 0.6 is 0 Å². The van der Waals surface area contributed by atoms with Crippen molar-refractivity contribution in [2.45, 2.75) is 0 Å². The van der Waals surface area contributed by atoms with Crippen molar-refractivity contribution < 1.29 is 9.84 Å². The minimum atomic E-state index is -0.270. The molecule has 0 aliphatic heterocycles. The molecule has 0 unspecified atom stereocenters. The number of phenolic OH excluding ortho intramolecular Hbond substituents is 1. The van der Waals surface area contributed by atoms with Crippen LogP contribution in [0.4, 0.5) is 0 Å². The minimum absolute atomic E-state index is 0.0740. The fourth-order valence-electron chi connectivity index (χ4n) is 0.934. The zero-order valence-electron chi connectivity index (χ0n) is 8.19. The van der Waals surface area contributed by atoms with Crippen LogP contribution in [0.1, 0.15) is 5.56 Å². The van der Waals surface area contributed by atoms with Crippen LogP contribution in [0.2, 0.25) is 0 Å². The lowest BCUT2D eigenvalue weighted by Gasteiger charge is -2.02. The smallest absolute Gasteiger partial charge is 0.206 e. The lowest BCUT2D eigenvalue weighted by molar-refractivity contribution is 0.412. The van der Waals surface area contributed by atoms with Crippen LogP contribution in [0.15, 0.2) is 23.3 Å². The van der Waals surface area contributed by atoms with Crippen molar-refractivity contribution in [1.82, 2.24) is 5.43 Å². The van der Waals surface area contributed by atoms with Crippen molar-refractivity contribution in [1.29, 1.82) is 5.41 Å². The quantitative estimate of drug-likeness (QED) is 0.324. The molecule has 0 radical (unpaired) electrons. The molecule has 15 heavy (non-hydrogen) atoms. The number of rotatable bonds is 3. The average Bonchev–Trinajstić information content (AvgIpc) is 2.20. The average molecular weight is 208 g/mol. The summed E-state index contributed by atoms with van der Waals surface area (Å²) in [6, 6.07) is 4.74. The van der Waals surface area contributed by atoms with Gasteiger partial charge in [0.25, 0.3) is 0 Å². The molecule has 6 heteroatoms. The number of methoxy groups -OCH3 is 1. The van der Waals surface area contributed by atoms with Crippen LogP contribution in [-0.2, 0) is 0 Å². The molecule has 0 aliphatic rings. The van der Waals surface area contributed by atoms with E-state index in [0.29, 0.717) is 11.3 Å². The Hall–Kier alpha value is -2.24. The number of nitrogens with two attached hydrogens (primary N) is 1. The lowest BCUT2D eigenvalue weighted by Crippen LogP contribution is -2.25. The number of benzene rings is 1. The second-order valence-electron chi connectivity index (χ2n) is 2.71. The number of hydrazone groups is 1. The van der Waals surface area contributed by atoms with E-state index in [1.807, 2.05) is 0 Å². The summed E-state index contributed by atoms with van der Waals surface area (Å²) in [5.41, 5.74) is 7.73. The highest BCUT2D eigenvalue weighted by Gasteiger charge is 1.99. The summed E-state index contributed by atoms with van der Waals surface area (Å²) in [6.07, 6.45) is 1.35. The van der Waals surface area contributed by atoms with Crippen molar-refractivity contribution in [3.63, 3.8) is 0 Å². The summed E-state index contributed by atoms with van der Waals surface area (Å²) in [5, 5.41) is 19.9. The number of hydrogen-bond acceptors (Lipinski definition) is 4. The maximum atomic E-state index is 9.44. The van der Waals surface area contributed by atoms with E-state index < -0.39 is 0 Å². The summed E-state index contributed by atoms with van der Waals surface area (Å²) < 4.78 is 4.98. The molecule has 0 bridgehead atoms. The third-order valence-electron chi connectivity index (χ3n) is 1.62. The van der Waals surface area contributed by atoms with E-state index in [2.05, 4.69) is 10.5 Å². The fourth-order valence-corrected chi connectivity index (χ4v) is 0.934. The van der Waals surface area contributed by atoms with Gasteiger partial charge in [-0.15, -0.1) is 0 Å². The van der Waals surface area contributed by atoms with Gasteiger partial charge in [-0.1, -0.05) is 0 Å². The van der Waals surface area contributed by atoms with Gasteiger partial charge in [0.2, 0.25) is 5.96 Å². The van der Waals surface area contributed by atoms with Crippen molar-refractivity contribution >= 4 is 12.2 Å². The summed E-state index contributed by atoms with van der Waals surface area (Å²) in [4.78, 5) is 0. The molecule has 1 rings (SSSR count). The van der Waals surface area contributed by atoms with Crippen LogP contribution in [0.5, 0.6) is 11.5 Å². The van der Waals surface area contributed by atoms with Crippen LogP contribution < -0.4 is 15.9 Å². The Kier molecular flexibility index (Phi) is 3.50. The number of nitrogens with zero attached hydrogens (tertiary/aromatic N) is 1. The highest BCUT2D eigenvalue weighted by Crippen LogP contribution is 2.20. The third-order valence-corrected chi connectivity index (χ3v) is 1.62. The lowest BCUT2D eigenvalue weighted by atomic mass is 10.2. The van der Waals surface area contributed by atoms with Gasteiger partial charge in [0.1, 0.15) is 11.5 Å². The van der Waals surface area contributed by atoms with E-state index in [4.69, 9.17) is 15.9 Å². The molecule has 0 saturated carbocycles. The first-order valence-electron chi connectivity index (χ1n) is 4.13. The van der Waals surface area contributed by atoms with E-state index in [9.17, 15) is 5.11 Å². The first kappa shape index (κ1) is 10.8. The zero-order valence-corrected chi connectivity index (χ0v) is 8.19. The Morgan fingerprint density at radius 3 is 3.00 bits per heavy atom. The Bertz CT molecular complexity index is 390. The summed E-state index contributed by atoms with van der Waals surface area (Å²) in [5.74, 6) is 0.413. The predicted octanol–water partition coefficient (Wildman–Crippen LogP) is 0.218. The van der Waals surface area contributed by atoms with Gasteiger partial charge in [-0.3, -0.25) is 5.41 Å². The number of phenols is 1. The first-order chi connectivity index (χ1) is 7.13. The Labute approximate surface area is 86.9 Å². The number of ether oxygens (including phenoxy) is 1. The Balaban J connectivity index is 2.83. The van der Waals surface area contributed by atoms with Gasteiger partial charge in [0, 0.05) is 5.56 Å². The van der Waals surface area contributed by atoms with Crippen molar-refractivity contribution in [3.8, 4) is 11.5 Å². The van der Waals surface area contributed by atoms with Crippen LogP contribution in [0, 0.1) is 5.41 Å². The van der Waals surface area contributed by atoms with Crippen LogP contribution in [-0.4, -0.2) is 24.4 Å². The number of guanidine groups is 1. The normalized spacial score (nSPS) is 10.2. The topological polar surface area (TPSA) is 104 Å². The molecule has 0 amide bonds. The molecule has 1 aromatic carbocycles. The molecule has 5 N–H and O–H groups in total. The van der Waals surface area contributed by atoms with Gasteiger partial charge in [0.05, 0.1) is 13.3 Å². The monoisotopic (exact) mass is 208 g/mol. The van der Waals surface area contributed by atoms with Crippen LogP contribution in [0.3, 0.4) is 0 Å². The Morgan fingerprint density at radius 2 is 2.40 bits per heavy atom. The van der Waals surface area contributed by atoms with Crippen molar-refractivity contribution in [3.05, 3.63) is 23.8 Å². The van der Waals surface area contributed by atoms with Gasteiger partial charge in [-0.25, -0.2) is 5.43 Å². The molecule has 0 aliphatic carbocycles. The van der Waals surface area contributed by atoms with Gasteiger partial charge >= 0.3 is 0 Å². The number of nitrogens with one attached hydrogen (secondary N) is 2. The summed E-state index contributed by atoms with van der Waals surface area (Å²) >= 11 is 0. The van der Waals surface area contributed by atoms with E-state index in [1.54, 1.807) is 12.1 Å². The molecule has 1 aromatic rings. The SMILES string of the molecule is COc1ccc(O)c(/C=N\NC(=N)N)c1. The second kappa shape index (κ2) is 4.85. The summed E-state index contributed by atoms with van der Waals surface area (Å²) in [6.45, 7) is 0. The highest BCUT2D eigenvalue weighted by atomic mass is 16.5. The maximum absolute atomic E-state index is 9.44. The molecule has 80 valence electrons. The molecule has 0 spiro atoms. The van der Waals surface area contributed by atoms with Gasteiger partial charge in [-0.05, 0) is 18.2 Å². The predicted molar refractivity (Wildman–Crippen MR) is 57.3 cm³/mol. The third kappa shape index (κ3) is 3.18. The van der Waals surface area contributed by atoms with Gasteiger partial charge in [0.15, 0.2) is 0 Å². The minimum Gasteiger partial charge on any atom is -0.507 e. The van der Waals surface area contributed by atoms with E-state index in [0.717, 1.165) is 0 Å². The molecule has 0 fully saturated rings. The largest absolute Gasteiger partial charge is 0.507 e. The molecular formula is C9H12N4O2. The van der Waals surface area contributed by atoms with Crippen molar-refractivity contribution in [2.75, 3.05) is 7.11 Å². The molecule has 0 heterocycles. The van der Waals surface area contributed by atoms with E-state index >= 15 is 0 Å². The molecule has 0 aromatic heterocycles. The van der Waals surface area contributed by atoms with E-state index in [-0.39, 0.29) is 11.7 Å². The first-order valence-corrected chi connectivity index (χ1v) is 4.13. The second-order valence-corrected chi connectivity index (χ2v) is 2.71. The summed E-state index contributed by atoms with van der Waals surface area (Å²) in [7, 11) is 1.53.